The molecule has 16 heavy (non-hydrogen) atoms. The van der Waals surface area contributed by atoms with E-state index >= 15 is 0 Å². The van der Waals surface area contributed by atoms with Crippen LogP contribution in [-0.4, -0.2) is 6.54 Å². The second-order valence-corrected chi connectivity index (χ2v) is 5.28. The first kappa shape index (κ1) is 11.7. The first-order valence-corrected chi connectivity index (χ1v) is 6.53. The molecule has 0 radical (unpaired) electrons. The van der Waals surface area contributed by atoms with E-state index in [0.717, 1.165) is 18.4 Å². The SMILES string of the molecule is CCC(C)CNC1c2ccccc2CC1C. The quantitative estimate of drug-likeness (QED) is 0.813. The third-order valence-electron chi connectivity index (χ3n) is 3.88. The number of fused-ring (bicyclic) bond motifs is 1. The van der Waals surface area contributed by atoms with E-state index in [4.69, 9.17) is 0 Å². The molecular weight excluding hydrogens is 194 g/mol. The second kappa shape index (κ2) is 5.01. The molecule has 0 spiro atoms. The maximum atomic E-state index is 3.74. The number of hydrogen-bond acceptors (Lipinski definition) is 1. The van der Waals surface area contributed by atoms with Gasteiger partial charge in [-0.25, -0.2) is 0 Å². The molecular formula is C15H23N. The molecule has 1 heteroatoms. The Morgan fingerprint density at radius 2 is 2.12 bits per heavy atom. The van der Waals surface area contributed by atoms with Gasteiger partial charge in [0.2, 0.25) is 0 Å². The Morgan fingerprint density at radius 3 is 2.88 bits per heavy atom. The molecule has 1 aromatic carbocycles. The van der Waals surface area contributed by atoms with Crippen molar-refractivity contribution in [3.8, 4) is 0 Å². The maximum absolute atomic E-state index is 3.74. The van der Waals surface area contributed by atoms with Crippen molar-refractivity contribution in [3.05, 3.63) is 35.4 Å². The highest BCUT2D eigenvalue weighted by molar-refractivity contribution is 5.35. The van der Waals surface area contributed by atoms with Gasteiger partial charge in [-0.15, -0.1) is 0 Å². The molecule has 1 aliphatic carbocycles. The predicted octanol–water partition coefficient (Wildman–Crippen LogP) is 3.56. The van der Waals surface area contributed by atoms with Gasteiger partial charge in [-0.1, -0.05) is 51.5 Å². The van der Waals surface area contributed by atoms with Gasteiger partial charge in [0.05, 0.1) is 0 Å². The van der Waals surface area contributed by atoms with Crippen LogP contribution in [0.1, 0.15) is 44.4 Å². The average molecular weight is 217 g/mol. The normalized spacial score (nSPS) is 25.4. The lowest BCUT2D eigenvalue weighted by molar-refractivity contribution is 0.379. The zero-order valence-electron chi connectivity index (χ0n) is 10.7. The Kier molecular flexibility index (Phi) is 3.65. The zero-order chi connectivity index (χ0) is 11.5. The highest BCUT2D eigenvalue weighted by Gasteiger charge is 2.28. The highest BCUT2D eigenvalue weighted by Crippen LogP contribution is 2.35. The first-order valence-electron chi connectivity index (χ1n) is 6.53. The third kappa shape index (κ3) is 2.30. The van der Waals surface area contributed by atoms with Crippen LogP contribution in [0.2, 0.25) is 0 Å². The van der Waals surface area contributed by atoms with Gasteiger partial charge in [-0.2, -0.15) is 0 Å². The standard InChI is InChI=1S/C15H23N/c1-4-11(2)10-16-15-12(3)9-13-7-5-6-8-14(13)15/h5-8,11-12,15-16H,4,9-10H2,1-3H3. The van der Waals surface area contributed by atoms with Gasteiger partial charge in [-0.3, -0.25) is 0 Å². The number of nitrogens with one attached hydrogen (secondary N) is 1. The van der Waals surface area contributed by atoms with E-state index in [-0.39, 0.29) is 0 Å². The summed E-state index contributed by atoms with van der Waals surface area (Å²) in [5.41, 5.74) is 3.06. The lowest BCUT2D eigenvalue weighted by Gasteiger charge is -2.21. The number of rotatable bonds is 4. The van der Waals surface area contributed by atoms with Gasteiger partial charge >= 0.3 is 0 Å². The molecule has 0 saturated heterocycles. The van der Waals surface area contributed by atoms with Crippen molar-refractivity contribution in [1.82, 2.24) is 5.32 Å². The number of benzene rings is 1. The summed E-state index contributed by atoms with van der Waals surface area (Å²) >= 11 is 0. The van der Waals surface area contributed by atoms with E-state index in [9.17, 15) is 0 Å². The molecule has 0 aromatic heterocycles. The topological polar surface area (TPSA) is 12.0 Å². The fraction of sp³-hybridized carbons (Fsp3) is 0.600. The smallest absolute Gasteiger partial charge is 0.0352 e. The second-order valence-electron chi connectivity index (χ2n) is 5.28. The molecule has 0 fully saturated rings. The highest BCUT2D eigenvalue weighted by atomic mass is 14.9. The van der Waals surface area contributed by atoms with Crippen molar-refractivity contribution in [3.63, 3.8) is 0 Å². The van der Waals surface area contributed by atoms with Gasteiger partial charge in [0.15, 0.2) is 0 Å². The van der Waals surface area contributed by atoms with E-state index in [0.29, 0.717) is 6.04 Å². The van der Waals surface area contributed by atoms with Gasteiger partial charge in [0.1, 0.15) is 0 Å². The predicted molar refractivity (Wildman–Crippen MR) is 69.5 cm³/mol. The molecule has 0 aliphatic heterocycles. The summed E-state index contributed by atoms with van der Waals surface area (Å²) < 4.78 is 0. The van der Waals surface area contributed by atoms with Crippen molar-refractivity contribution in [2.24, 2.45) is 11.8 Å². The van der Waals surface area contributed by atoms with Crippen molar-refractivity contribution in [1.29, 1.82) is 0 Å². The molecule has 0 heterocycles. The summed E-state index contributed by atoms with van der Waals surface area (Å²) in [6.07, 6.45) is 2.49. The van der Waals surface area contributed by atoms with Crippen LogP contribution >= 0.6 is 0 Å². The van der Waals surface area contributed by atoms with Gasteiger partial charge in [-0.05, 0) is 35.9 Å². The van der Waals surface area contributed by atoms with Crippen LogP contribution in [0.15, 0.2) is 24.3 Å². The lowest BCUT2D eigenvalue weighted by atomic mass is 10.0. The van der Waals surface area contributed by atoms with Crippen molar-refractivity contribution < 1.29 is 0 Å². The molecule has 1 N–H and O–H groups in total. The Labute approximate surface area is 99.3 Å². The number of hydrogen-bond donors (Lipinski definition) is 1. The van der Waals surface area contributed by atoms with Crippen molar-refractivity contribution >= 4 is 0 Å². The van der Waals surface area contributed by atoms with Crippen LogP contribution in [0.5, 0.6) is 0 Å². The van der Waals surface area contributed by atoms with Crippen molar-refractivity contribution in [2.75, 3.05) is 6.54 Å². The Bertz CT molecular complexity index is 345. The molecule has 3 unspecified atom stereocenters. The van der Waals surface area contributed by atoms with E-state index < -0.39 is 0 Å². The maximum Gasteiger partial charge on any atom is 0.0352 e. The monoisotopic (exact) mass is 217 g/mol. The van der Waals surface area contributed by atoms with Crippen LogP contribution in [0.25, 0.3) is 0 Å². The summed E-state index contributed by atoms with van der Waals surface area (Å²) in [6.45, 7) is 8.07. The van der Waals surface area contributed by atoms with E-state index in [1.54, 1.807) is 0 Å². The van der Waals surface area contributed by atoms with E-state index in [1.165, 1.54) is 24.0 Å². The summed E-state index contributed by atoms with van der Waals surface area (Å²) in [5.74, 6) is 1.52. The summed E-state index contributed by atoms with van der Waals surface area (Å²) in [7, 11) is 0. The lowest BCUT2D eigenvalue weighted by Crippen LogP contribution is -2.28. The Morgan fingerprint density at radius 1 is 1.38 bits per heavy atom. The first-order chi connectivity index (χ1) is 7.72. The fourth-order valence-electron chi connectivity index (χ4n) is 2.58. The molecule has 88 valence electrons. The van der Waals surface area contributed by atoms with Gasteiger partial charge in [0, 0.05) is 6.04 Å². The van der Waals surface area contributed by atoms with Gasteiger partial charge < -0.3 is 5.32 Å². The average Bonchev–Trinajstić information content (AvgIpc) is 2.62. The van der Waals surface area contributed by atoms with Crippen LogP contribution in [0.3, 0.4) is 0 Å². The Hall–Kier alpha value is -0.820. The third-order valence-corrected chi connectivity index (χ3v) is 3.88. The fourth-order valence-corrected chi connectivity index (χ4v) is 2.58. The summed E-state index contributed by atoms with van der Waals surface area (Å²) in [4.78, 5) is 0. The van der Waals surface area contributed by atoms with Gasteiger partial charge in [0.25, 0.3) is 0 Å². The molecule has 0 saturated carbocycles. The van der Waals surface area contributed by atoms with E-state index in [2.05, 4.69) is 50.4 Å². The van der Waals surface area contributed by atoms with Crippen molar-refractivity contribution in [2.45, 2.75) is 39.7 Å². The molecule has 0 bridgehead atoms. The van der Waals surface area contributed by atoms with Crippen LogP contribution in [0.4, 0.5) is 0 Å². The minimum atomic E-state index is 0.574. The molecule has 1 aliphatic rings. The molecule has 1 nitrogen and oxygen atoms in total. The Balaban J connectivity index is 2.04. The molecule has 1 aromatic rings. The minimum Gasteiger partial charge on any atom is -0.309 e. The molecule has 2 rings (SSSR count). The van der Waals surface area contributed by atoms with Crippen LogP contribution in [-0.2, 0) is 6.42 Å². The minimum absolute atomic E-state index is 0.574. The van der Waals surface area contributed by atoms with Crippen LogP contribution in [0, 0.1) is 11.8 Å². The summed E-state index contributed by atoms with van der Waals surface area (Å²) in [5, 5.41) is 3.74. The zero-order valence-corrected chi connectivity index (χ0v) is 10.7. The summed E-state index contributed by atoms with van der Waals surface area (Å²) in [6, 6.07) is 9.45. The molecule has 0 amide bonds. The van der Waals surface area contributed by atoms with E-state index in [1.807, 2.05) is 0 Å². The van der Waals surface area contributed by atoms with Crippen LogP contribution < -0.4 is 5.32 Å². The largest absolute Gasteiger partial charge is 0.309 e. The molecule has 3 atom stereocenters.